The Bertz CT molecular complexity index is 231. The first-order valence-electron chi connectivity index (χ1n) is 3.04. The van der Waals surface area contributed by atoms with Gasteiger partial charge in [-0.25, -0.2) is 4.84 Å². The zero-order valence-corrected chi connectivity index (χ0v) is 5.24. The molecule has 0 aromatic heterocycles. The molecule has 0 bridgehead atoms. The molecule has 52 valence electrons. The van der Waals surface area contributed by atoms with Crippen molar-refractivity contribution in [2.24, 2.45) is 0 Å². The van der Waals surface area contributed by atoms with E-state index in [0.717, 1.165) is 5.56 Å². The predicted molar refractivity (Wildman–Crippen MR) is 34.6 cm³/mol. The Kier molecular flexibility index (Phi) is 1.05. The Morgan fingerprint density at radius 3 is 2.40 bits per heavy atom. The summed E-state index contributed by atoms with van der Waals surface area (Å²) in [4.78, 5) is 4.59. The van der Waals surface area contributed by atoms with Crippen molar-refractivity contribution in [1.29, 1.82) is 0 Å². The Hall–Kier alpha value is -0.900. The van der Waals surface area contributed by atoms with Crippen molar-refractivity contribution in [1.82, 2.24) is 5.48 Å². The fourth-order valence-corrected chi connectivity index (χ4v) is 0.830. The molecule has 1 aliphatic rings. The lowest BCUT2D eigenvalue weighted by molar-refractivity contribution is 0.0333. The van der Waals surface area contributed by atoms with Crippen molar-refractivity contribution in [2.45, 2.75) is 5.91 Å². The summed E-state index contributed by atoms with van der Waals surface area (Å²) in [5, 5.41) is 9.27. The van der Waals surface area contributed by atoms with Gasteiger partial charge in [-0.2, -0.15) is 0 Å². The second-order valence-corrected chi connectivity index (χ2v) is 2.21. The maximum Gasteiger partial charge on any atom is 0.292 e. The van der Waals surface area contributed by atoms with Gasteiger partial charge in [-0.15, -0.1) is 5.48 Å². The molecule has 1 atom stereocenters. The molecule has 1 unspecified atom stereocenters. The van der Waals surface area contributed by atoms with Gasteiger partial charge in [-0.3, -0.25) is 0 Å². The van der Waals surface area contributed by atoms with Crippen LogP contribution in [0.1, 0.15) is 5.56 Å². The quantitative estimate of drug-likeness (QED) is 0.548. The average Bonchev–Trinajstić information content (AvgIpc) is 2.72. The van der Waals surface area contributed by atoms with Crippen molar-refractivity contribution in [3.63, 3.8) is 0 Å². The zero-order valence-electron chi connectivity index (χ0n) is 5.24. The highest BCUT2D eigenvalue weighted by atomic mass is 16.9. The largest absolute Gasteiger partial charge is 0.347 e. The van der Waals surface area contributed by atoms with Gasteiger partial charge in [-0.1, -0.05) is 30.3 Å². The van der Waals surface area contributed by atoms with E-state index < -0.39 is 5.91 Å². The van der Waals surface area contributed by atoms with Gasteiger partial charge >= 0.3 is 0 Å². The van der Waals surface area contributed by atoms with Crippen LogP contribution < -0.4 is 5.48 Å². The molecule has 10 heavy (non-hydrogen) atoms. The Morgan fingerprint density at radius 2 is 1.90 bits per heavy atom. The van der Waals surface area contributed by atoms with Crippen LogP contribution in [0.2, 0.25) is 0 Å². The number of hydrogen-bond donors (Lipinski definition) is 2. The van der Waals surface area contributed by atoms with Crippen LogP contribution in [-0.2, 0) is 10.7 Å². The third-order valence-corrected chi connectivity index (χ3v) is 1.46. The molecule has 0 aliphatic carbocycles. The Morgan fingerprint density at radius 1 is 1.30 bits per heavy atom. The first-order chi connectivity index (χ1) is 4.81. The zero-order chi connectivity index (χ0) is 7.03. The van der Waals surface area contributed by atoms with E-state index in [0.29, 0.717) is 0 Å². The SMILES string of the molecule is OC1(c2ccccc2)NO1. The van der Waals surface area contributed by atoms with Gasteiger partial charge in [0.25, 0.3) is 5.91 Å². The second-order valence-electron chi connectivity index (χ2n) is 2.21. The van der Waals surface area contributed by atoms with Crippen LogP contribution in [-0.4, -0.2) is 5.11 Å². The lowest BCUT2D eigenvalue weighted by Gasteiger charge is -1.98. The summed E-state index contributed by atoms with van der Waals surface area (Å²) in [5.74, 6) is -1.21. The fourth-order valence-electron chi connectivity index (χ4n) is 0.830. The molecule has 0 saturated carbocycles. The molecule has 1 fully saturated rings. The van der Waals surface area contributed by atoms with E-state index in [1.54, 1.807) is 12.1 Å². The summed E-state index contributed by atoms with van der Waals surface area (Å²) in [6.07, 6.45) is 0. The van der Waals surface area contributed by atoms with E-state index in [1.807, 2.05) is 18.2 Å². The number of hydroxylamine groups is 1. The average molecular weight is 137 g/mol. The van der Waals surface area contributed by atoms with Crippen molar-refractivity contribution in [3.8, 4) is 0 Å². The minimum absolute atomic E-state index is 0.731. The van der Waals surface area contributed by atoms with Gasteiger partial charge in [0.2, 0.25) is 0 Å². The highest BCUT2D eigenvalue weighted by Gasteiger charge is 2.44. The second kappa shape index (κ2) is 1.79. The maximum atomic E-state index is 9.27. The molecule has 1 aliphatic heterocycles. The highest BCUT2D eigenvalue weighted by molar-refractivity contribution is 5.20. The molecular weight excluding hydrogens is 130 g/mol. The third kappa shape index (κ3) is 0.806. The minimum Gasteiger partial charge on any atom is -0.347 e. The topological polar surface area (TPSA) is 54.7 Å². The summed E-state index contributed by atoms with van der Waals surface area (Å²) in [5.41, 5.74) is 3.11. The third-order valence-electron chi connectivity index (χ3n) is 1.46. The van der Waals surface area contributed by atoms with Gasteiger partial charge in [0, 0.05) is 5.56 Å². The summed E-state index contributed by atoms with van der Waals surface area (Å²) < 4.78 is 0. The van der Waals surface area contributed by atoms with Crippen LogP contribution in [0.4, 0.5) is 0 Å². The molecular formula is C7H7NO2. The molecule has 3 nitrogen and oxygen atoms in total. The number of aliphatic hydroxyl groups is 1. The molecule has 0 amide bonds. The molecule has 0 spiro atoms. The monoisotopic (exact) mass is 137 g/mol. The first-order valence-corrected chi connectivity index (χ1v) is 3.04. The molecule has 1 aromatic rings. The lowest BCUT2D eigenvalue weighted by atomic mass is 10.2. The van der Waals surface area contributed by atoms with Gasteiger partial charge in [0.1, 0.15) is 0 Å². The van der Waals surface area contributed by atoms with Crippen LogP contribution in [0.25, 0.3) is 0 Å². The molecule has 1 saturated heterocycles. The summed E-state index contributed by atoms with van der Waals surface area (Å²) in [6.45, 7) is 0. The molecule has 1 heterocycles. The van der Waals surface area contributed by atoms with Crippen molar-refractivity contribution < 1.29 is 9.94 Å². The van der Waals surface area contributed by atoms with Crippen LogP contribution in [0, 0.1) is 0 Å². The normalized spacial score (nSPS) is 30.1. The maximum absolute atomic E-state index is 9.27. The summed E-state index contributed by atoms with van der Waals surface area (Å²) >= 11 is 0. The standard InChI is InChI=1S/C7H7NO2/c9-7(8-10-7)6-4-2-1-3-5-6/h1-5,8-9H. The molecule has 3 heteroatoms. The van der Waals surface area contributed by atoms with Crippen LogP contribution in [0.15, 0.2) is 30.3 Å². The minimum atomic E-state index is -1.21. The Labute approximate surface area is 58.2 Å². The van der Waals surface area contributed by atoms with Gasteiger partial charge < -0.3 is 5.11 Å². The van der Waals surface area contributed by atoms with E-state index in [2.05, 4.69) is 10.3 Å². The van der Waals surface area contributed by atoms with Gasteiger partial charge in [0.15, 0.2) is 0 Å². The highest BCUT2D eigenvalue weighted by Crippen LogP contribution is 2.27. The van der Waals surface area contributed by atoms with E-state index >= 15 is 0 Å². The van der Waals surface area contributed by atoms with E-state index in [-0.39, 0.29) is 0 Å². The van der Waals surface area contributed by atoms with Gasteiger partial charge in [0.05, 0.1) is 0 Å². The van der Waals surface area contributed by atoms with E-state index in [4.69, 9.17) is 0 Å². The van der Waals surface area contributed by atoms with Crippen LogP contribution in [0.5, 0.6) is 0 Å². The lowest BCUT2D eigenvalue weighted by Crippen LogP contribution is -2.09. The van der Waals surface area contributed by atoms with Crippen molar-refractivity contribution in [2.75, 3.05) is 0 Å². The van der Waals surface area contributed by atoms with Crippen molar-refractivity contribution in [3.05, 3.63) is 35.9 Å². The van der Waals surface area contributed by atoms with Crippen LogP contribution >= 0.6 is 0 Å². The van der Waals surface area contributed by atoms with E-state index in [9.17, 15) is 5.11 Å². The first kappa shape index (κ1) is 5.85. The molecule has 2 rings (SSSR count). The Balaban J connectivity index is 2.35. The summed E-state index contributed by atoms with van der Waals surface area (Å²) in [6, 6.07) is 9.16. The number of benzene rings is 1. The molecule has 1 aromatic carbocycles. The molecule has 0 radical (unpaired) electrons. The number of hydrogen-bond acceptors (Lipinski definition) is 3. The molecule has 2 N–H and O–H groups in total. The van der Waals surface area contributed by atoms with E-state index in [1.165, 1.54) is 0 Å². The van der Waals surface area contributed by atoms with Gasteiger partial charge in [-0.05, 0) is 0 Å². The smallest absolute Gasteiger partial charge is 0.292 e. The summed E-state index contributed by atoms with van der Waals surface area (Å²) in [7, 11) is 0. The fraction of sp³-hybridized carbons (Fsp3) is 0.143. The predicted octanol–water partition coefficient (Wildman–Crippen LogP) is 0.324. The van der Waals surface area contributed by atoms with Crippen molar-refractivity contribution >= 4 is 0 Å². The number of rotatable bonds is 1. The number of nitrogens with one attached hydrogen (secondary N) is 1. The van der Waals surface area contributed by atoms with Crippen LogP contribution in [0.3, 0.4) is 0 Å².